The number of carbonyl (C=O) groups is 1. The number of carbonyl (C=O) groups excluding carboxylic acids is 1. The average Bonchev–Trinajstić information content (AvgIpc) is 3.06. The van der Waals surface area contributed by atoms with Crippen LogP contribution < -0.4 is 14.9 Å². The lowest BCUT2D eigenvalue weighted by Gasteiger charge is -2.24. The molecule has 170 valence electrons. The van der Waals surface area contributed by atoms with E-state index in [9.17, 15) is 14.7 Å². The third-order valence-corrected chi connectivity index (χ3v) is 7.28. The number of fused-ring (bicyclic) bond motifs is 1. The summed E-state index contributed by atoms with van der Waals surface area (Å²) in [5.74, 6) is -0.454. The second-order valence-electron chi connectivity index (χ2n) is 7.54. The molecule has 2 aromatic carbocycles. The minimum atomic E-state index is -0.670. The third kappa shape index (κ3) is 4.51. The fourth-order valence-corrected chi connectivity index (χ4v) is 5.79. The summed E-state index contributed by atoms with van der Waals surface area (Å²) in [6.07, 6.45) is 1.60. The number of hydrogen-bond acceptors (Lipinski definition) is 6. The number of aryl methyl sites for hydroxylation is 1. The number of ether oxygens (including phenoxy) is 1. The van der Waals surface area contributed by atoms with E-state index in [0.29, 0.717) is 34.8 Å². The maximum atomic E-state index is 13.6. The second kappa shape index (κ2) is 9.44. The van der Waals surface area contributed by atoms with Crippen molar-refractivity contribution < 1.29 is 14.6 Å². The average molecular weight is 595 g/mol. The Balaban J connectivity index is 1.98. The molecule has 33 heavy (non-hydrogen) atoms. The summed E-state index contributed by atoms with van der Waals surface area (Å²) in [5.41, 5.74) is 2.81. The molecule has 0 saturated carbocycles. The summed E-state index contributed by atoms with van der Waals surface area (Å²) in [5, 5.41) is 10.9. The van der Waals surface area contributed by atoms with Gasteiger partial charge in [-0.3, -0.25) is 9.36 Å². The molecule has 3 aromatic rings. The van der Waals surface area contributed by atoms with Gasteiger partial charge in [-0.05, 0) is 67.1 Å². The van der Waals surface area contributed by atoms with Crippen molar-refractivity contribution in [1.82, 2.24) is 4.57 Å². The van der Waals surface area contributed by atoms with Gasteiger partial charge in [-0.15, -0.1) is 0 Å². The van der Waals surface area contributed by atoms with E-state index < -0.39 is 12.0 Å². The van der Waals surface area contributed by atoms with E-state index in [-0.39, 0.29) is 17.9 Å². The molecule has 0 radical (unpaired) electrons. The molecular formula is C24H20ClIN2O4S. The number of benzene rings is 2. The zero-order valence-corrected chi connectivity index (χ0v) is 21.8. The van der Waals surface area contributed by atoms with Gasteiger partial charge in [0.2, 0.25) is 0 Å². The van der Waals surface area contributed by atoms with Crippen LogP contribution in [0.1, 0.15) is 36.6 Å². The van der Waals surface area contributed by atoms with Gasteiger partial charge in [0, 0.05) is 10.6 Å². The molecule has 4 rings (SSSR count). The molecule has 0 amide bonds. The highest BCUT2D eigenvalue weighted by molar-refractivity contribution is 14.1. The fourth-order valence-electron chi connectivity index (χ4n) is 3.69. The molecule has 0 bridgehead atoms. The van der Waals surface area contributed by atoms with Crippen molar-refractivity contribution >= 4 is 57.6 Å². The van der Waals surface area contributed by atoms with E-state index in [1.54, 1.807) is 32.1 Å². The standard InChI is InChI=1S/C24H20ClIN2O4S/c1-4-32-23(31)19-13(3)27-24-28(20(19)14-7-5-12(2)6-8-14)22(30)18(33-24)10-15-9-16(25)11-17(26)21(15)29/h5-11,20,29H,4H2,1-3H3/b18-10+/t20-/m0/s1. The second-order valence-corrected chi connectivity index (χ2v) is 10.1. The molecule has 6 nitrogen and oxygen atoms in total. The van der Waals surface area contributed by atoms with Crippen LogP contribution in [0.2, 0.25) is 5.02 Å². The predicted molar refractivity (Wildman–Crippen MR) is 137 cm³/mol. The predicted octanol–water partition coefficient (Wildman–Crippen LogP) is 4.07. The third-order valence-electron chi connectivity index (χ3n) is 5.25. The van der Waals surface area contributed by atoms with Crippen LogP contribution in [-0.4, -0.2) is 22.2 Å². The largest absolute Gasteiger partial charge is 0.506 e. The number of phenols is 1. The number of nitrogens with zero attached hydrogens (tertiary/aromatic N) is 2. The van der Waals surface area contributed by atoms with Crippen molar-refractivity contribution in [1.29, 1.82) is 0 Å². The highest BCUT2D eigenvalue weighted by Gasteiger charge is 2.33. The Morgan fingerprint density at radius 1 is 1.30 bits per heavy atom. The molecule has 2 heterocycles. The minimum absolute atomic E-state index is 0.0457. The zero-order chi connectivity index (χ0) is 23.9. The number of rotatable bonds is 4. The Labute approximate surface area is 212 Å². The van der Waals surface area contributed by atoms with Gasteiger partial charge in [-0.2, -0.15) is 0 Å². The fraction of sp³-hybridized carbons (Fsp3) is 0.208. The maximum Gasteiger partial charge on any atom is 0.338 e. The molecule has 1 N–H and O–H groups in total. The number of allylic oxidation sites excluding steroid dienone is 1. The molecule has 0 saturated heterocycles. The first-order chi connectivity index (χ1) is 15.7. The lowest BCUT2D eigenvalue weighted by atomic mass is 9.95. The van der Waals surface area contributed by atoms with Gasteiger partial charge in [0.05, 0.1) is 32.0 Å². The van der Waals surface area contributed by atoms with Crippen LogP contribution in [0, 0.1) is 10.5 Å². The molecule has 1 aromatic heterocycles. The van der Waals surface area contributed by atoms with E-state index in [0.717, 1.165) is 11.1 Å². The van der Waals surface area contributed by atoms with Crippen LogP contribution in [0.4, 0.5) is 0 Å². The van der Waals surface area contributed by atoms with Crippen LogP contribution in [-0.2, 0) is 9.53 Å². The van der Waals surface area contributed by atoms with Crippen molar-refractivity contribution in [3.05, 3.63) is 92.6 Å². The van der Waals surface area contributed by atoms with Gasteiger partial charge in [-0.25, -0.2) is 9.79 Å². The molecule has 1 aliphatic rings. The Morgan fingerprint density at radius 2 is 2.00 bits per heavy atom. The van der Waals surface area contributed by atoms with Crippen molar-refractivity contribution in [2.75, 3.05) is 6.61 Å². The van der Waals surface area contributed by atoms with Gasteiger partial charge < -0.3 is 9.84 Å². The molecule has 0 unspecified atom stereocenters. The van der Waals surface area contributed by atoms with Crippen molar-refractivity contribution in [3.63, 3.8) is 0 Å². The van der Waals surface area contributed by atoms with Crippen molar-refractivity contribution in [2.45, 2.75) is 26.8 Å². The first kappa shape index (κ1) is 23.7. The summed E-state index contributed by atoms with van der Waals surface area (Å²) < 4.78 is 7.78. The van der Waals surface area contributed by atoms with Crippen molar-refractivity contribution in [3.8, 4) is 5.75 Å². The Hall–Kier alpha value is -2.43. The van der Waals surface area contributed by atoms with E-state index in [2.05, 4.69) is 4.99 Å². The van der Waals surface area contributed by atoms with Gasteiger partial charge in [-0.1, -0.05) is 52.8 Å². The van der Waals surface area contributed by atoms with Crippen LogP contribution >= 0.6 is 45.5 Å². The zero-order valence-electron chi connectivity index (χ0n) is 18.1. The topological polar surface area (TPSA) is 80.9 Å². The number of halogens is 2. The van der Waals surface area contributed by atoms with Gasteiger partial charge in [0.25, 0.3) is 5.56 Å². The van der Waals surface area contributed by atoms with Crippen molar-refractivity contribution in [2.24, 2.45) is 4.99 Å². The molecule has 0 spiro atoms. The Morgan fingerprint density at radius 3 is 2.67 bits per heavy atom. The van der Waals surface area contributed by atoms with Crippen LogP contribution in [0.25, 0.3) is 6.08 Å². The number of thiazole rings is 1. The number of hydrogen-bond donors (Lipinski definition) is 1. The minimum Gasteiger partial charge on any atom is -0.506 e. The molecule has 0 aliphatic carbocycles. The molecule has 9 heteroatoms. The van der Waals surface area contributed by atoms with Crippen LogP contribution in [0.15, 0.2) is 57.5 Å². The van der Waals surface area contributed by atoms with E-state index >= 15 is 0 Å². The van der Waals surface area contributed by atoms with E-state index in [1.165, 1.54) is 15.9 Å². The summed E-state index contributed by atoms with van der Waals surface area (Å²) in [7, 11) is 0. The van der Waals surface area contributed by atoms with Crippen LogP contribution in [0.3, 0.4) is 0 Å². The first-order valence-electron chi connectivity index (χ1n) is 10.2. The molecule has 0 fully saturated rings. The quantitative estimate of drug-likeness (QED) is 0.365. The lowest BCUT2D eigenvalue weighted by Crippen LogP contribution is -2.39. The smallest absolute Gasteiger partial charge is 0.338 e. The summed E-state index contributed by atoms with van der Waals surface area (Å²) in [6, 6.07) is 10.3. The number of aromatic nitrogens is 1. The normalized spacial score (nSPS) is 15.9. The van der Waals surface area contributed by atoms with Crippen LogP contribution in [0.5, 0.6) is 5.75 Å². The summed E-state index contributed by atoms with van der Waals surface area (Å²) in [4.78, 5) is 31.5. The van der Waals surface area contributed by atoms with Gasteiger partial charge in [0.15, 0.2) is 4.80 Å². The van der Waals surface area contributed by atoms with E-state index in [4.69, 9.17) is 16.3 Å². The number of aromatic hydroxyl groups is 1. The lowest BCUT2D eigenvalue weighted by molar-refractivity contribution is -0.139. The number of phenolic OH excluding ortho intramolecular Hbond substituents is 1. The highest BCUT2D eigenvalue weighted by atomic mass is 127. The molecule has 1 aliphatic heterocycles. The number of esters is 1. The first-order valence-corrected chi connectivity index (χ1v) is 12.4. The van der Waals surface area contributed by atoms with Gasteiger partial charge >= 0.3 is 5.97 Å². The van der Waals surface area contributed by atoms with Gasteiger partial charge in [0.1, 0.15) is 5.75 Å². The monoisotopic (exact) mass is 594 g/mol. The summed E-state index contributed by atoms with van der Waals surface area (Å²) >= 11 is 9.34. The highest BCUT2D eigenvalue weighted by Crippen LogP contribution is 2.31. The molecular weight excluding hydrogens is 575 g/mol. The maximum absolute atomic E-state index is 13.6. The Kier molecular flexibility index (Phi) is 6.78. The SMILES string of the molecule is CCOC(=O)C1=C(C)N=c2s/c(=C/c3cc(Cl)cc(I)c3O)c(=O)n2[C@H]1c1ccc(C)cc1. The van der Waals surface area contributed by atoms with E-state index in [1.807, 2.05) is 53.8 Å². The molecule has 1 atom stereocenters. The Bertz CT molecular complexity index is 1470. The summed E-state index contributed by atoms with van der Waals surface area (Å²) in [6.45, 7) is 5.67.